The number of fused-ring (bicyclic) bond motifs is 1. The van der Waals surface area contributed by atoms with Gasteiger partial charge in [-0.3, -0.25) is 4.79 Å². The van der Waals surface area contributed by atoms with Gasteiger partial charge in [0, 0.05) is 37.4 Å². The molecule has 2 heterocycles. The van der Waals surface area contributed by atoms with Gasteiger partial charge < -0.3 is 10.6 Å². The number of pyridine rings is 1. The SMILES string of the molecule is Cc1ccc2c(C(=O)N(C)C)cc(-c3cnc(N)nc3)nc2c1C. The fourth-order valence-corrected chi connectivity index (χ4v) is 2.57. The van der Waals surface area contributed by atoms with Gasteiger partial charge in [0.1, 0.15) is 0 Å². The van der Waals surface area contributed by atoms with Crippen molar-refractivity contribution in [3.8, 4) is 11.3 Å². The molecule has 0 aliphatic carbocycles. The van der Waals surface area contributed by atoms with E-state index in [-0.39, 0.29) is 11.9 Å². The molecule has 6 nitrogen and oxygen atoms in total. The Kier molecular flexibility index (Phi) is 3.89. The fraction of sp³-hybridized carbons (Fsp3) is 0.222. The van der Waals surface area contributed by atoms with Gasteiger partial charge in [-0.15, -0.1) is 0 Å². The Morgan fingerprint density at radius 3 is 2.42 bits per heavy atom. The number of nitrogens with zero attached hydrogens (tertiary/aromatic N) is 4. The van der Waals surface area contributed by atoms with Crippen molar-refractivity contribution in [2.45, 2.75) is 13.8 Å². The lowest BCUT2D eigenvalue weighted by atomic mass is 9.99. The van der Waals surface area contributed by atoms with Crippen molar-refractivity contribution in [2.75, 3.05) is 19.8 Å². The van der Waals surface area contributed by atoms with E-state index in [4.69, 9.17) is 10.7 Å². The van der Waals surface area contributed by atoms with Crippen LogP contribution in [0.1, 0.15) is 21.5 Å². The zero-order chi connectivity index (χ0) is 17.4. The van der Waals surface area contributed by atoms with E-state index in [2.05, 4.69) is 9.97 Å². The van der Waals surface area contributed by atoms with Gasteiger partial charge in [-0.05, 0) is 31.0 Å². The highest BCUT2D eigenvalue weighted by Crippen LogP contribution is 2.28. The first-order valence-corrected chi connectivity index (χ1v) is 7.59. The number of benzene rings is 1. The normalized spacial score (nSPS) is 10.8. The van der Waals surface area contributed by atoms with Gasteiger partial charge in [-0.2, -0.15) is 0 Å². The van der Waals surface area contributed by atoms with E-state index in [1.165, 1.54) is 0 Å². The first kappa shape index (κ1) is 15.9. The molecular formula is C18H19N5O. The highest BCUT2D eigenvalue weighted by Gasteiger charge is 2.17. The van der Waals surface area contributed by atoms with E-state index < -0.39 is 0 Å². The molecule has 3 aromatic rings. The average molecular weight is 321 g/mol. The molecule has 0 spiro atoms. The Morgan fingerprint density at radius 2 is 1.79 bits per heavy atom. The van der Waals surface area contributed by atoms with E-state index in [1.54, 1.807) is 37.5 Å². The van der Waals surface area contributed by atoms with Crippen LogP contribution in [0, 0.1) is 13.8 Å². The van der Waals surface area contributed by atoms with Crippen molar-refractivity contribution >= 4 is 22.8 Å². The number of hydrogen-bond acceptors (Lipinski definition) is 5. The van der Waals surface area contributed by atoms with E-state index in [1.807, 2.05) is 26.0 Å². The lowest BCUT2D eigenvalue weighted by Crippen LogP contribution is -2.22. The minimum absolute atomic E-state index is 0.0664. The lowest BCUT2D eigenvalue weighted by Gasteiger charge is -2.15. The predicted molar refractivity (Wildman–Crippen MR) is 94.7 cm³/mol. The van der Waals surface area contributed by atoms with Crippen LogP contribution in [-0.2, 0) is 0 Å². The summed E-state index contributed by atoms with van der Waals surface area (Å²) in [6.45, 7) is 4.04. The number of aryl methyl sites for hydroxylation is 2. The molecule has 0 bridgehead atoms. The number of carbonyl (C=O) groups excluding carboxylic acids is 1. The summed E-state index contributed by atoms with van der Waals surface area (Å²) in [6, 6.07) is 5.75. The minimum Gasteiger partial charge on any atom is -0.368 e. The molecule has 2 aromatic heterocycles. The maximum atomic E-state index is 12.6. The summed E-state index contributed by atoms with van der Waals surface area (Å²) in [6.07, 6.45) is 3.23. The fourth-order valence-electron chi connectivity index (χ4n) is 2.57. The summed E-state index contributed by atoms with van der Waals surface area (Å²) in [7, 11) is 3.48. The van der Waals surface area contributed by atoms with Gasteiger partial charge in [-0.25, -0.2) is 15.0 Å². The second-order valence-corrected chi connectivity index (χ2v) is 5.99. The van der Waals surface area contributed by atoms with Crippen LogP contribution in [0.15, 0.2) is 30.6 Å². The molecule has 0 unspecified atom stereocenters. The largest absolute Gasteiger partial charge is 0.368 e. The van der Waals surface area contributed by atoms with Gasteiger partial charge in [0.2, 0.25) is 5.95 Å². The van der Waals surface area contributed by atoms with Crippen molar-refractivity contribution in [1.82, 2.24) is 19.9 Å². The Hall–Kier alpha value is -3.02. The van der Waals surface area contributed by atoms with Crippen LogP contribution in [0.3, 0.4) is 0 Å². The van der Waals surface area contributed by atoms with Crippen molar-refractivity contribution in [3.05, 3.63) is 47.3 Å². The van der Waals surface area contributed by atoms with Crippen LogP contribution in [0.2, 0.25) is 0 Å². The van der Waals surface area contributed by atoms with E-state index in [0.29, 0.717) is 11.3 Å². The number of aromatic nitrogens is 3. The van der Waals surface area contributed by atoms with Gasteiger partial charge >= 0.3 is 0 Å². The number of rotatable bonds is 2. The second kappa shape index (κ2) is 5.88. The van der Waals surface area contributed by atoms with E-state index >= 15 is 0 Å². The first-order valence-electron chi connectivity index (χ1n) is 7.59. The lowest BCUT2D eigenvalue weighted by molar-refractivity contribution is 0.0829. The topological polar surface area (TPSA) is 85.0 Å². The Balaban J connectivity index is 2.33. The second-order valence-electron chi connectivity index (χ2n) is 5.99. The monoisotopic (exact) mass is 321 g/mol. The molecule has 0 aliphatic rings. The van der Waals surface area contributed by atoms with Gasteiger partial charge in [0.25, 0.3) is 5.91 Å². The summed E-state index contributed by atoms with van der Waals surface area (Å²) in [5.74, 6) is 0.138. The average Bonchev–Trinajstić information content (AvgIpc) is 2.57. The minimum atomic E-state index is -0.0664. The Morgan fingerprint density at radius 1 is 1.12 bits per heavy atom. The third-order valence-electron chi connectivity index (χ3n) is 4.11. The molecule has 1 amide bonds. The number of hydrogen-bond donors (Lipinski definition) is 1. The van der Waals surface area contributed by atoms with Crippen LogP contribution in [0.4, 0.5) is 5.95 Å². The van der Waals surface area contributed by atoms with Gasteiger partial charge in [0.15, 0.2) is 0 Å². The number of carbonyl (C=O) groups is 1. The molecule has 3 rings (SSSR count). The summed E-state index contributed by atoms with van der Waals surface area (Å²) < 4.78 is 0. The van der Waals surface area contributed by atoms with Crippen LogP contribution >= 0.6 is 0 Å². The molecular weight excluding hydrogens is 302 g/mol. The molecule has 0 saturated heterocycles. The predicted octanol–water partition coefficient (Wildman–Crippen LogP) is 2.59. The summed E-state index contributed by atoms with van der Waals surface area (Å²) in [4.78, 5) is 27.0. The molecule has 0 radical (unpaired) electrons. The van der Waals surface area contributed by atoms with Crippen molar-refractivity contribution in [1.29, 1.82) is 0 Å². The zero-order valence-electron chi connectivity index (χ0n) is 14.2. The summed E-state index contributed by atoms with van der Waals surface area (Å²) in [5, 5.41) is 0.844. The first-order chi connectivity index (χ1) is 11.4. The molecule has 2 N–H and O–H groups in total. The number of nitrogen functional groups attached to an aromatic ring is 1. The van der Waals surface area contributed by atoms with E-state index in [9.17, 15) is 4.79 Å². The Bertz CT molecular complexity index is 932. The van der Waals surface area contributed by atoms with Gasteiger partial charge in [-0.1, -0.05) is 12.1 Å². The third-order valence-corrected chi connectivity index (χ3v) is 4.11. The zero-order valence-corrected chi connectivity index (χ0v) is 14.2. The van der Waals surface area contributed by atoms with Crippen LogP contribution in [0.25, 0.3) is 22.2 Å². The van der Waals surface area contributed by atoms with Crippen molar-refractivity contribution in [2.24, 2.45) is 0 Å². The number of nitrogens with two attached hydrogens (primary N) is 1. The maximum absolute atomic E-state index is 12.6. The maximum Gasteiger partial charge on any atom is 0.254 e. The van der Waals surface area contributed by atoms with Crippen LogP contribution in [-0.4, -0.2) is 39.9 Å². The molecule has 0 aliphatic heterocycles. The molecule has 0 saturated carbocycles. The molecule has 24 heavy (non-hydrogen) atoms. The van der Waals surface area contributed by atoms with Crippen LogP contribution < -0.4 is 5.73 Å². The van der Waals surface area contributed by atoms with Crippen molar-refractivity contribution in [3.63, 3.8) is 0 Å². The summed E-state index contributed by atoms with van der Waals surface area (Å²) >= 11 is 0. The summed E-state index contributed by atoms with van der Waals surface area (Å²) in [5.41, 5.74) is 10.5. The highest BCUT2D eigenvalue weighted by atomic mass is 16.2. The molecule has 1 aromatic carbocycles. The van der Waals surface area contributed by atoms with Crippen molar-refractivity contribution < 1.29 is 4.79 Å². The standard InChI is InChI=1S/C18H19N5O/c1-10-5-6-13-14(17(24)23(3)4)7-15(22-16(13)11(10)2)12-8-20-18(19)21-9-12/h5-9H,1-4H3,(H2,19,20,21). The van der Waals surface area contributed by atoms with Crippen LogP contribution in [0.5, 0.6) is 0 Å². The molecule has 0 fully saturated rings. The smallest absolute Gasteiger partial charge is 0.254 e. The number of amides is 1. The number of anilines is 1. The third kappa shape index (κ3) is 2.67. The molecule has 0 atom stereocenters. The molecule has 6 heteroatoms. The quantitative estimate of drug-likeness (QED) is 0.784. The molecule has 122 valence electrons. The highest BCUT2D eigenvalue weighted by molar-refractivity contribution is 6.07. The van der Waals surface area contributed by atoms with E-state index in [0.717, 1.165) is 27.6 Å². The van der Waals surface area contributed by atoms with Gasteiger partial charge in [0.05, 0.1) is 16.8 Å². The Labute approximate surface area is 140 Å².